The minimum atomic E-state index is -0.981. The van der Waals surface area contributed by atoms with Gasteiger partial charge in [-0.3, -0.25) is 9.69 Å². The Labute approximate surface area is 168 Å². The van der Waals surface area contributed by atoms with Gasteiger partial charge in [-0.05, 0) is 38.7 Å². The number of carbonyl (C=O) groups is 1. The number of amides is 1. The van der Waals surface area contributed by atoms with Crippen LogP contribution in [-0.2, 0) is 4.79 Å². The summed E-state index contributed by atoms with van der Waals surface area (Å²) < 4.78 is 14.1. The van der Waals surface area contributed by atoms with Crippen LogP contribution in [0.15, 0.2) is 24.3 Å². The molecule has 1 heterocycles. The minimum absolute atomic E-state index is 0.0401. The molecule has 0 bridgehead atoms. The van der Waals surface area contributed by atoms with Gasteiger partial charge in [-0.25, -0.2) is 4.39 Å². The molecule has 3 rings (SSSR count). The number of likely N-dealkylation sites (tertiary alicyclic amines) is 1. The van der Waals surface area contributed by atoms with Crippen LogP contribution in [0.4, 0.5) is 4.39 Å². The van der Waals surface area contributed by atoms with Crippen molar-refractivity contribution in [1.82, 2.24) is 9.80 Å². The number of piperidine rings is 1. The van der Waals surface area contributed by atoms with Crippen LogP contribution in [0, 0.1) is 11.7 Å². The molecule has 1 aromatic carbocycles. The van der Waals surface area contributed by atoms with Gasteiger partial charge in [-0.2, -0.15) is 0 Å². The topological polar surface area (TPSA) is 43.8 Å². The molecule has 1 aromatic rings. The first-order chi connectivity index (χ1) is 13.3. The van der Waals surface area contributed by atoms with Crippen LogP contribution >= 0.6 is 0 Å². The molecule has 1 N–H and O–H groups in total. The second kappa shape index (κ2) is 8.91. The number of hydrogen-bond donors (Lipinski definition) is 1. The predicted molar refractivity (Wildman–Crippen MR) is 109 cm³/mol. The van der Waals surface area contributed by atoms with Crippen LogP contribution in [-0.4, -0.2) is 52.6 Å². The summed E-state index contributed by atoms with van der Waals surface area (Å²) >= 11 is 0. The van der Waals surface area contributed by atoms with Crippen molar-refractivity contribution in [2.75, 3.05) is 20.1 Å². The highest BCUT2D eigenvalue weighted by molar-refractivity contribution is 5.79. The van der Waals surface area contributed by atoms with Gasteiger partial charge in [0.1, 0.15) is 5.82 Å². The van der Waals surface area contributed by atoms with Crippen LogP contribution < -0.4 is 0 Å². The van der Waals surface area contributed by atoms with E-state index in [1.165, 1.54) is 25.3 Å². The number of halogens is 1. The van der Waals surface area contributed by atoms with Gasteiger partial charge in [0.25, 0.3) is 0 Å². The van der Waals surface area contributed by atoms with E-state index >= 15 is 0 Å². The van der Waals surface area contributed by atoms with Crippen LogP contribution in [0.1, 0.15) is 70.4 Å². The van der Waals surface area contributed by atoms with E-state index in [2.05, 4.69) is 4.90 Å². The second-order valence-corrected chi connectivity index (χ2v) is 8.80. The van der Waals surface area contributed by atoms with Gasteiger partial charge in [-0.1, -0.05) is 44.4 Å². The Morgan fingerprint density at radius 2 is 1.79 bits per heavy atom. The van der Waals surface area contributed by atoms with E-state index in [1.54, 1.807) is 6.07 Å². The SMILES string of the molecule is CC(c1ccccc1F)N1CCC(O)(C(C)C(=O)N(C)C2CCCCC2)CC1. The molecule has 1 saturated heterocycles. The highest BCUT2D eigenvalue weighted by Crippen LogP contribution is 2.35. The lowest BCUT2D eigenvalue weighted by atomic mass is 9.79. The predicted octanol–water partition coefficient (Wildman–Crippen LogP) is 4.14. The van der Waals surface area contributed by atoms with Crippen molar-refractivity contribution in [3.05, 3.63) is 35.6 Å². The quantitative estimate of drug-likeness (QED) is 0.822. The van der Waals surface area contributed by atoms with E-state index in [0.717, 1.165) is 12.8 Å². The zero-order chi connectivity index (χ0) is 20.3. The fourth-order valence-corrected chi connectivity index (χ4v) is 4.93. The maximum atomic E-state index is 14.1. The minimum Gasteiger partial charge on any atom is -0.389 e. The number of carbonyl (C=O) groups excluding carboxylic acids is 1. The molecule has 2 unspecified atom stereocenters. The Balaban J connectivity index is 1.60. The summed E-state index contributed by atoms with van der Waals surface area (Å²) in [5, 5.41) is 11.2. The normalized spacial score (nSPS) is 23.2. The third-order valence-electron chi connectivity index (χ3n) is 7.21. The molecule has 156 valence electrons. The third kappa shape index (κ3) is 4.41. The number of benzene rings is 1. The van der Waals surface area contributed by atoms with E-state index in [9.17, 15) is 14.3 Å². The molecule has 1 saturated carbocycles. The summed E-state index contributed by atoms with van der Waals surface area (Å²) in [5.74, 6) is -0.538. The molecule has 5 heteroatoms. The molecular weight excluding hydrogens is 355 g/mol. The Hall–Kier alpha value is -1.46. The fourth-order valence-electron chi connectivity index (χ4n) is 4.93. The van der Waals surface area contributed by atoms with Crippen LogP contribution in [0.25, 0.3) is 0 Å². The number of rotatable bonds is 5. The molecule has 2 atom stereocenters. The van der Waals surface area contributed by atoms with Gasteiger partial charge in [0, 0.05) is 37.8 Å². The maximum absolute atomic E-state index is 14.1. The number of hydrogen-bond acceptors (Lipinski definition) is 3. The monoisotopic (exact) mass is 390 g/mol. The summed E-state index contributed by atoms with van der Waals surface area (Å²) in [6.07, 6.45) is 6.85. The summed E-state index contributed by atoms with van der Waals surface area (Å²) in [5.41, 5.74) is -0.292. The van der Waals surface area contributed by atoms with Crippen molar-refractivity contribution >= 4 is 5.91 Å². The van der Waals surface area contributed by atoms with Crippen molar-refractivity contribution in [3.63, 3.8) is 0 Å². The van der Waals surface area contributed by atoms with Crippen LogP contribution in [0.3, 0.4) is 0 Å². The van der Waals surface area contributed by atoms with E-state index in [0.29, 0.717) is 37.5 Å². The molecule has 0 radical (unpaired) electrons. The number of aliphatic hydroxyl groups is 1. The molecule has 1 aliphatic carbocycles. The Kier molecular flexibility index (Phi) is 6.77. The van der Waals surface area contributed by atoms with Gasteiger partial charge in [-0.15, -0.1) is 0 Å². The lowest BCUT2D eigenvalue weighted by Crippen LogP contribution is -2.54. The average Bonchev–Trinajstić information content (AvgIpc) is 2.73. The van der Waals surface area contributed by atoms with Crippen LogP contribution in [0.2, 0.25) is 0 Å². The van der Waals surface area contributed by atoms with E-state index in [4.69, 9.17) is 0 Å². The van der Waals surface area contributed by atoms with Gasteiger partial charge in [0.2, 0.25) is 5.91 Å². The fraction of sp³-hybridized carbons (Fsp3) is 0.696. The van der Waals surface area contributed by atoms with Crippen molar-refractivity contribution in [1.29, 1.82) is 0 Å². The molecule has 2 fully saturated rings. The molecule has 28 heavy (non-hydrogen) atoms. The molecule has 2 aliphatic rings. The van der Waals surface area contributed by atoms with E-state index in [1.807, 2.05) is 37.9 Å². The number of nitrogens with zero attached hydrogens (tertiary/aromatic N) is 2. The summed E-state index contributed by atoms with van der Waals surface area (Å²) in [7, 11) is 1.90. The van der Waals surface area contributed by atoms with Crippen molar-refractivity contribution in [2.24, 2.45) is 5.92 Å². The van der Waals surface area contributed by atoms with Crippen molar-refractivity contribution in [3.8, 4) is 0 Å². The summed E-state index contributed by atoms with van der Waals surface area (Å²) in [4.78, 5) is 17.1. The lowest BCUT2D eigenvalue weighted by Gasteiger charge is -2.44. The zero-order valence-electron chi connectivity index (χ0n) is 17.5. The van der Waals surface area contributed by atoms with Gasteiger partial charge < -0.3 is 10.0 Å². The smallest absolute Gasteiger partial charge is 0.228 e. The Morgan fingerprint density at radius 3 is 2.39 bits per heavy atom. The molecular formula is C23H35FN2O2. The lowest BCUT2D eigenvalue weighted by molar-refractivity contribution is -0.150. The van der Waals surface area contributed by atoms with Gasteiger partial charge in [0.15, 0.2) is 0 Å². The maximum Gasteiger partial charge on any atom is 0.228 e. The Bertz CT molecular complexity index is 666. The molecule has 4 nitrogen and oxygen atoms in total. The summed E-state index contributed by atoms with van der Waals surface area (Å²) in [6, 6.07) is 7.16. The molecule has 0 spiro atoms. The van der Waals surface area contributed by atoms with Crippen molar-refractivity contribution in [2.45, 2.75) is 76.5 Å². The molecule has 0 aromatic heterocycles. The van der Waals surface area contributed by atoms with Gasteiger partial charge >= 0.3 is 0 Å². The van der Waals surface area contributed by atoms with Gasteiger partial charge in [0.05, 0.1) is 11.5 Å². The first kappa shape index (κ1) is 21.3. The van der Waals surface area contributed by atoms with E-state index < -0.39 is 11.5 Å². The molecule has 1 amide bonds. The highest BCUT2D eigenvalue weighted by atomic mass is 19.1. The standard InChI is InChI=1S/C23H35FN2O2/c1-17(22(27)25(3)19-9-5-4-6-10-19)23(28)13-15-26(16-14-23)18(2)20-11-7-8-12-21(20)24/h7-8,11-12,17-19,28H,4-6,9-10,13-16H2,1-3H3. The highest BCUT2D eigenvalue weighted by Gasteiger charge is 2.43. The van der Waals surface area contributed by atoms with Crippen molar-refractivity contribution < 1.29 is 14.3 Å². The molecule has 1 aliphatic heterocycles. The first-order valence-electron chi connectivity index (χ1n) is 10.8. The first-order valence-corrected chi connectivity index (χ1v) is 10.8. The van der Waals surface area contributed by atoms with Crippen LogP contribution in [0.5, 0.6) is 0 Å². The average molecular weight is 391 g/mol. The largest absolute Gasteiger partial charge is 0.389 e. The summed E-state index contributed by atoms with van der Waals surface area (Å²) in [6.45, 7) is 5.21. The van der Waals surface area contributed by atoms with E-state index in [-0.39, 0.29) is 17.8 Å². The third-order valence-corrected chi connectivity index (χ3v) is 7.21. The second-order valence-electron chi connectivity index (χ2n) is 8.80. The zero-order valence-corrected chi connectivity index (χ0v) is 17.5. The Morgan fingerprint density at radius 1 is 1.18 bits per heavy atom.